The predicted molar refractivity (Wildman–Crippen MR) is 102 cm³/mol. The lowest BCUT2D eigenvalue weighted by molar-refractivity contribution is 0.0701. The zero-order chi connectivity index (χ0) is 20.5. The fourth-order valence-electron chi connectivity index (χ4n) is 3.32. The van der Waals surface area contributed by atoms with Gasteiger partial charge in [0.1, 0.15) is 17.4 Å². The Labute approximate surface area is 166 Å². The van der Waals surface area contributed by atoms with Crippen LogP contribution in [0.25, 0.3) is 0 Å². The molecule has 0 spiro atoms. The van der Waals surface area contributed by atoms with E-state index in [-0.39, 0.29) is 17.6 Å². The lowest BCUT2D eigenvalue weighted by Gasteiger charge is -2.24. The lowest BCUT2D eigenvalue weighted by atomic mass is 9.82. The standard InChI is InChI=1S/C21H18N4O4/c1-11(2)18-17-16(14(10-22)19(23)29-20(17)25-24-18)12-5-7-13(8-6-12)28-21(26)15-4-3-9-27-15/h3-9,11,16H,23H2,1-2H3,(H,24,25)/t16-/m1/s1. The van der Waals surface area contributed by atoms with Crippen LogP contribution in [0.2, 0.25) is 0 Å². The number of ether oxygens (including phenoxy) is 2. The summed E-state index contributed by atoms with van der Waals surface area (Å²) in [4.78, 5) is 12.0. The Hall–Kier alpha value is -3.99. The maximum Gasteiger partial charge on any atom is 0.379 e. The molecule has 8 nitrogen and oxygen atoms in total. The number of carbonyl (C=O) groups excluding carboxylic acids is 1. The van der Waals surface area contributed by atoms with Crippen LogP contribution in [0.4, 0.5) is 0 Å². The number of esters is 1. The largest absolute Gasteiger partial charge is 0.457 e. The first-order valence-electron chi connectivity index (χ1n) is 9.01. The average molecular weight is 390 g/mol. The first-order valence-corrected chi connectivity index (χ1v) is 9.01. The number of nitrogens with two attached hydrogens (primary N) is 1. The van der Waals surface area contributed by atoms with Crippen molar-refractivity contribution in [2.24, 2.45) is 5.73 Å². The number of furan rings is 1. The number of nitrogens with one attached hydrogen (secondary N) is 1. The number of nitrogens with zero attached hydrogens (tertiary/aromatic N) is 2. The van der Waals surface area contributed by atoms with Crippen LogP contribution in [0.15, 0.2) is 58.5 Å². The van der Waals surface area contributed by atoms with Crippen molar-refractivity contribution in [3.8, 4) is 17.7 Å². The number of aromatic amines is 1. The number of rotatable bonds is 4. The summed E-state index contributed by atoms with van der Waals surface area (Å²) in [6.07, 6.45) is 1.40. The molecule has 0 saturated carbocycles. The van der Waals surface area contributed by atoms with E-state index < -0.39 is 11.9 Å². The van der Waals surface area contributed by atoms with Gasteiger partial charge < -0.3 is 19.6 Å². The van der Waals surface area contributed by atoms with Gasteiger partial charge in [-0.3, -0.25) is 5.10 Å². The molecule has 1 aliphatic rings. The van der Waals surface area contributed by atoms with E-state index in [0.717, 1.165) is 16.8 Å². The number of nitriles is 1. The van der Waals surface area contributed by atoms with Gasteiger partial charge in [-0.25, -0.2) is 4.79 Å². The molecule has 0 saturated heterocycles. The summed E-state index contributed by atoms with van der Waals surface area (Å²) in [5.41, 5.74) is 8.73. The van der Waals surface area contributed by atoms with Crippen molar-refractivity contribution < 1.29 is 18.7 Å². The average Bonchev–Trinajstić information content (AvgIpc) is 3.37. The van der Waals surface area contributed by atoms with E-state index in [0.29, 0.717) is 17.2 Å². The van der Waals surface area contributed by atoms with Crippen LogP contribution in [0, 0.1) is 11.3 Å². The third-order valence-corrected chi connectivity index (χ3v) is 4.69. The van der Waals surface area contributed by atoms with E-state index in [1.54, 1.807) is 30.3 Å². The van der Waals surface area contributed by atoms with Gasteiger partial charge in [-0.1, -0.05) is 26.0 Å². The van der Waals surface area contributed by atoms with Gasteiger partial charge in [-0.15, -0.1) is 5.10 Å². The Kier molecular flexibility index (Phi) is 4.56. The molecule has 0 unspecified atom stereocenters. The zero-order valence-corrected chi connectivity index (χ0v) is 15.8. The van der Waals surface area contributed by atoms with Gasteiger partial charge in [0.2, 0.25) is 17.5 Å². The van der Waals surface area contributed by atoms with E-state index >= 15 is 0 Å². The number of carbonyl (C=O) groups is 1. The maximum absolute atomic E-state index is 12.0. The van der Waals surface area contributed by atoms with Crippen LogP contribution in [0.3, 0.4) is 0 Å². The molecule has 0 fully saturated rings. The first-order chi connectivity index (χ1) is 14.0. The summed E-state index contributed by atoms with van der Waals surface area (Å²) in [7, 11) is 0. The maximum atomic E-state index is 12.0. The van der Waals surface area contributed by atoms with Crippen molar-refractivity contribution in [2.45, 2.75) is 25.7 Å². The molecule has 0 radical (unpaired) electrons. The Bertz CT molecular complexity index is 1120. The molecule has 2 aromatic heterocycles. The van der Waals surface area contributed by atoms with E-state index in [4.69, 9.17) is 19.6 Å². The minimum absolute atomic E-state index is 0.0279. The Morgan fingerprint density at radius 2 is 2.07 bits per heavy atom. The second kappa shape index (κ2) is 7.20. The third kappa shape index (κ3) is 3.23. The number of allylic oxidation sites excluding steroid dienone is 1. The number of H-pyrrole nitrogens is 1. The van der Waals surface area contributed by atoms with Gasteiger partial charge in [-0.05, 0) is 35.7 Å². The van der Waals surface area contributed by atoms with Gasteiger partial charge in [0.15, 0.2) is 0 Å². The van der Waals surface area contributed by atoms with Gasteiger partial charge in [0.05, 0.1) is 17.7 Å². The topological polar surface area (TPSA) is 127 Å². The minimum Gasteiger partial charge on any atom is -0.457 e. The van der Waals surface area contributed by atoms with E-state index in [1.807, 2.05) is 13.8 Å². The number of hydrogen-bond donors (Lipinski definition) is 2. The van der Waals surface area contributed by atoms with Crippen LogP contribution in [0.5, 0.6) is 11.6 Å². The molecular weight excluding hydrogens is 372 g/mol. The SMILES string of the molecule is CC(C)c1[nH]nc2c1[C@H](c1ccc(OC(=O)c3ccco3)cc1)C(C#N)=C(N)O2. The van der Waals surface area contributed by atoms with Crippen molar-refractivity contribution in [3.63, 3.8) is 0 Å². The fourth-order valence-corrected chi connectivity index (χ4v) is 3.32. The summed E-state index contributed by atoms with van der Waals surface area (Å²) in [5.74, 6) is -0.0156. The molecule has 1 atom stereocenters. The fraction of sp³-hybridized carbons (Fsp3) is 0.190. The monoisotopic (exact) mass is 390 g/mol. The molecule has 1 aromatic carbocycles. The van der Waals surface area contributed by atoms with Crippen molar-refractivity contribution in [3.05, 3.63) is 76.7 Å². The third-order valence-electron chi connectivity index (χ3n) is 4.69. The van der Waals surface area contributed by atoms with E-state index in [1.165, 1.54) is 12.3 Å². The lowest BCUT2D eigenvalue weighted by Crippen LogP contribution is -2.21. The van der Waals surface area contributed by atoms with Crippen LogP contribution in [-0.2, 0) is 0 Å². The van der Waals surface area contributed by atoms with Crippen LogP contribution >= 0.6 is 0 Å². The van der Waals surface area contributed by atoms with Gasteiger partial charge in [-0.2, -0.15) is 5.26 Å². The van der Waals surface area contributed by atoms with Gasteiger partial charge in [0.25, 0.3) is 0 Å². The van der Waals surface area contributed by atoms with Gasteiger partial charge in [0, 0.05) is 5.69 Å². The molecule has 0 bridgehead atoms. The molecule has 0 amide bonds. The van der Waals surface area contributed by atoms with Gasteiger partial charge >= 0.3 is 5.97 Å². The number of benzene rings is 1. The van der Waals surface area contributed by atoms with Crippen LogP contribution in [0.1, 0.15) is 53.1 Å². The highest BCUT2D eigenvalue weighted by Crippen LogP contribution is 2.44. The van der Waals surface area contributed by atoms with Crippen LogP contribution in [-0.4, -0.2) is 16.2 Å². The Balaban J connectivity index is 1.69. The summed E-state index contributed by atoms with van der Waals surface area (Å²) in [6, 6.07) is 12.2. The second-order valence-corrected chi connectivity index (χ2v) is 6.87. The van der Waals surface area contributed by atoms with Crippen molar-refractivity contribution in [2.75, 3.05) is 0 Å². The highest BCUT2D eigenvalue weighted by atomic mass is 16.5. The molecular formula is C21H18N4O4. The van der Waals surface area contributed by atoms with E-state index in [2.05, 4.69) is 16.3 Å². The molecule has 1 aliphatic heterocycles. The first kappa shape index (κ1) is 18.4. The highest BCUT2D eigenvalue weighted by Gasteiger charge is 2.35. The molecule has 3 N–H and O–H groups in total. The summed E-state index contributed by atoms with van der Waals surface area (Å²) >= 11 is 0. The summed E-state index contributed by atoms with van der Waals surface area (Å²) in [5, 5.41) is 16.9. The smallest absolute Gasteiger partial charge is 0.379 e. The molecule has 146 valence electrons. The molecule has 29 heavy (non-hydrogen) atoms. The Morgan fingerprint density at radius 3 is 2.69 bits per heavy atom. The second-order valence-electron chi connectivity index (χ2n) is 6.87. The van der Waals surface area contributed by atoms with Crippen molar-refractivity contribution >= 4 is 5.97 Å². The highest BCUT2D eigenvalue weighted by molar-refractivity contribution is 5.88. The summed E-state index contributed by atoms with van der Waals surface area (Å²) < 4.78 is 15.9. The summed E-state index contributed by atoms with van der Waals surface area (Å²) in [6.45, 7) is 4.05. The van der Waals surface area contributed by atoms with Crippen molar-refractivity contribution in [1.82, 2.24) is 10.2 Å². The quantitative estimate of drug-likeness (QED) is 0.515. The number of aromatic nitrogens is 2. The zero-order valence-electron chi connectivity index (χ0n) is 15.8. The number of fused-ring (bicyclic) bond motifs is 1. The minimum atomic E-state index is -0.588. The normalized spacial score (nSPS) is 15.6. The number of hydrogen-bond acceptors (Lipinski definition) is 7. The molecule has 8 heteroatoms. The Morgan fingerprint density at radius 1 is 1.31 bits per heavy atom. The molecule has 4 rings (SSSR count). The molecule has 3 heterocycles. The van der Waals surface area contributed by atoms with Crippen LogP contribution < -0.4 is 15.2 Å². The predicted octanol–water partition coefficient (Wildman–Crippen LogP) is 3.56. The van der Waals surface area contributed by atoms with Crippen molar-refractivity contribution in [1.29, 1.82) is 5.26 Å². The molecule has 0 aliphatic carbocycles. The van der Waals surface area contributed by atoms with E-state index in [9.17, 15) is 10.1 Å². The molecule has 3 aromatic rings.